The number of benzene rings is 1. The van der Waals surface area contributed by atoms with Crippen molar-refractivity contribution in [1.82, 2.24) is 20.2 Å². The molecular formula is C26H33N5O2. The largest absolute Gasteiger partial charge is 0.488 e. The number of hydrogen-bond acceptors (Lipinski definition) is 6. The van der Waals surface area contributed by atoms with Gasteiger partial charge in [0.2, 0.25) is 0 Å². The molecule has 33 heavy (non-hydrogen) atoms. The molecule has 0 bridgehead atoms. The van der Waals surface area contributed by atoms with Gasteiger partial charge in [0.25, 0.3) is 0 Å². The normalized spacial score (nSPS) is 24.6. The number of anilines is 1. The number of aromatic amines is 1. The molecule has 2 saturated carbocycles. The van der Waals surface area contributed by atoms with Crippen molar-refractivity contribution >= 4 is 16.7 Å². The SMILES string of the molecule is CCC1CC(OC2CCN(c3cc(-c4n[nH]c5ccc(OC6(C)CC6)cc45)ncn3)CC2)C1. The summed E-state index contributed by atoms with van der Waals surface area (Å²) in [4.78, 5) is 11.5. The molecule has 174 valence electrons. The molecule has 0 spiro atoms. The fourth-order valence-electron chi connectivity index (χ4n) is 5.08. The minimum Gasteiger partial charge on any atom is -0.488 e. The minimum atomic E-state index is -0.00809. The lowest BCUT2D eigenvalue weighted by atomic mass is 9.80. The molecule has 0 amide bonds. The van der Waals surface area contributed by atoms with E-state index >= 15 is 0 Å². The van der Waals surface area contributed by atoms with Crippen molar-refractivity contribution in [3.8, 4) is 17.1 Å². The standard InChI is InChI=1S/C26H33N5O2/c1-3-17-12-20(13-17)32-18-6-10-31(11-7-18)24-15-23(27-16-28-24)25-21-14-19(33-26(2)8-9-26)4-5-22(21)29-30-25/h4-5,14-18,20H,3,6-13H2,1-2H3,(H,29,30). The highest BCUT2D eigenvalue weighted by Gasteiger charge is 2.40. The maximum Gasteiger partial charge on any atom is 0.132 e. The van der Waals surface area contributed by atoms with Gasteiger partial charge in [0.05, 0.1) is 23.4 Å². The molecule has 7 heteroatoms. The van der Waals surface area contributed by atoms with Crippen molar-refractivity contribution in [1.29, 1.82) is 0 Å². The molecule has 2 aliphatic carbocycles. The molecular weight excluding hydrogens is 414 g/mol. The van der Waals surface area contributed by atoms with Crippen LogP contribution in [0.15, 0.2) is 30.6 Å². The number of hydrogen-bond donors (Lipinski definition) is 1. The number of H-pyrrole nitrogens is 1. The summed E-state index contributed by atoms with van der Waals surface area (Å²) in [6.07, 6.45) is 10.6. The van der Waals surface area contributed by atoms with E-state index in [-0.39, 0.29) is 5.60 Å². The van der Waals surface area contributed by atoms with E-state index in [0.29, 0.717) is 12.2 Å². The highest BCUT2D eigenvalue weighted by molar-refractivity contribution is 5.93. The maximum absolute atomic E-state index is 6.34. The molecule has 0 atom stereocenters. The summed E-state index contributed by atoms with van der Waals surface area (Å²) in [5, 5.41) is 8.73. The zero-order valence-corrected chi connectivity index (χ0v) is 19.6. The number of nitrogens with zero attached hydrogens (tertiary/aromatic N) is 4. The molecule has 3 fully saturated rings. The second-order valence-electron chi connectivity index (χ2n) is 10.3. The third-order valence-electron chi connectivity index (χ3n) is 7.67. The second kappa shape index (κ2) is 8.28. The van der Waals surface area contributed by atoms with Crippen molar-refractivity contribution in [2.45, 2.75) is 76.6 Å². The van der Waals surface area contributed by atoms with Crippen LogP contribution in [-0.4, -0.2) is 51.1 Å². The van der Waals surface area contributed by atoms with Crippen LogP contribution in [0, 0.1) is 5.92 Å². The van der Waals surface area contributed by atoms with Gasteiger partial charge in [-0.3, -0.25) is 5.10 Å². The Kier molecular flexibility index (Phi) is 5.24. The summed E-state index contributed by atoms with van der Waals surface area (Å²) < 4.78 is 12.5. The first-order valence-corrected chi connectivity index (χ1v) is 12.5. The van der Waals surface area contributed by atoms with Crippen LogP contribution in [-0.2, 0) is 4.74 Å². The molecule has 0 unspecified atom stereocenters. The molecule has 3 heterocycles. The Morgan fingerprint density at radius 3 is 2.67 bits per heavy atom. The van der Waals surface area contributed by atoms with Gasteiger partial charge in [0.1, 0.15) is 29.2 Å². The van der Waals surface area contributed by atoms with Gasteiger partial charge in [-0.2, -0.15) is 5.10 Å². The van der Waals surface area contributed by atoms with E-state index in [0.717, 1.165) is 78.5 Å². The third kappa shape index (κ3) is 4.31. The highest BCUT2D eigenvalue weighted by Crippen LogP contribution is 2.40. The lowest BCUT2D eigenvalue weighted by molar-refractivity contribution is -0.0831. The van der Waals surface area contributed by atoms with Crippen molar-refractivity contribution in [3.63, 3.8) is 0 Å². The van der Waals surface area contributed by atoms with E-state index < -0.39 is 0 Å². The number of aromatic nitrogens is 4. The molecule has 1 N–H and O–H groups in total. The fourth-order valence-corrected chi connectivity index (χ4v) is 5.08. The Hall–Kier alpha value is -2.67. The molecule has 2 aromatic heterocycles. The van der Waals surface area contributed by atoms with Crippen molar-refractivity contribution in [3.05, 3.63) is 30.6 Å². The zero-order chi connectivity index (χ0) is 22.4. The number of piperidine rings is 1. The highest BCUT2D eigenvalue weighted by atomic mass is 16.5. The van der Waals surface area contributed by atoms with Crippen LogP contribution in [0.5, 0.6) is 5.75 Å². The Bertz CT molecular complexity index is 1130. The summed E-state index contributed by atoms with van der Waals surface area (Å²) >= 11 is 0. The molecule has 7 nitrogen and oxygen atoms in total. The lowest BCUT2D eigenvalue weighted by Crippen LogP contribution is -2.41. The predicted octanol–water partition coefficient (Wildman–Crippen LogP) is 5.13. The lowest BCUT2D eigenvalue weighted by Gasteiger charge is -2.40. The van der Waals surface area contributed by atoms with E-state index in [2.05, 4.69) is 51.0 Å². The van der Waals surface area contributed by atoms with Crippen LogP contribution in [0.4, 0.5) is 5.82 Å². The van der Waals surface area contributed by atoms with Gasteiger partial charge in [-0.1, -0.05) is 13.3 Å². The minimum absolute atomic E-state index is 0.00809. The number of nitrogens with one attached hydrogen (secondary N) is 1. The first kappa shape index (κ1) is 20.9. The van der Waals surface area contributed by atoms with Crippen LogP contribution in [0.3, 0.4) is 0 Å². The van der Waals surface area contributed by atoms with E-state index in [1.807, 2.05) is 12.1 Å². The molecule has 3 aliphatic rings. The number of fused-ring (bicyclic) bond motifs is 1. The average Bonchev–Trinajstić information content (AvgIpc) is 3.38. The van der Waals surface area contributed by atoms with Crippen LogP contribution in [0.25, 0.3) is 22.3 Å². The molecule has 0 radical (unpaired) electrons. The van der Waals surface area contributed by atoms with E-state index in [1.165, 1.54) is 19.3 Å². The Morgan fingerprint density at radius 1 is 1.09 bits per heavy atom. The maximum atomic E-state index is 6.34. The first-order valence-electron chi connectivity index (χ1n) is 12.5. The van der Waals surface area contributed by atoms with Crippen LogP contribution in [0.1, 0.15) is 58.8 Å². The topological polar surface area (TPSA) is 76.2 Å². The summed E-state index contributed by atoms with van der Waals surface area (Å²) in [5.41, 5.74) is 2.65. The van der Waals surface area contributed by atoms with E-state index in [9.17, 15) is 0 Å². The van der Waals surface area contributed by atoms with Gasteiger partial charge in [0, 0.05) is 24.5 Å². The van der Waals surface area contributed by atoms with Gasteiger partial charge in [-0.25, -0.2) is 9.97 Å². The van der Waals surface area contributed by atoms with E-state index in [4.69, 9.17) is 9.47 Å². The summed E-state index contributed by atoms with van der Waals surface area (Å²) in [6, 6.07) is 8.18. The summed E-state index contributed by atoms with van der Waals surface area (Å²) in [6.45, 7) is 6.36. The molecule has 6 rings (SSSR count). The predicted molar refractivity (Wildman–Crippen MR) is 129 cm³/mol. The van der Waals surface area contributed by atoms with Crippen LogP contribution >= 0.6 is 0 Å². The van der Waals surface area contributed by atoms with E-state index in [1.54, 1.807) is 6.33 Å². The Balaban J connectivity index is 1.15. The Morgan fingerprint density at radius 2 is 1.91 bits per heavy atom. The van der Waals surface area contributed by atoms with Gasteiger partial charge >= 0.3 is 0 Å². The first-order chi connectivity index (χ1) is 16.1. The summed E-state index contributed by atoms with van der Waals surface area (Å²) in [7, 11) is 0. The number of ether oxygens (including phenoxy) is 2. The molecule has 1 saturated heterocycles. The number of rotatable bonds is 7. The zero-order valence-electron chi connectivity index (χ0n) is 19.6. The molecule has 1 aromatic carbocycles. The smallest absolute Gasteiger partial charge is 0.132 e. The van der Waals surface area contributed by atoms with Gasteiger partial charge in [-0.15, -0.1) is 0 Å². The molecule has 3 aromatic rings. The van der Waals surface area contributed by atoms with Crippen LogP contribution in [0.2, 0.25) is 0 Å². The average molecular weight is 448 g/mol. The fraction of sp³-hybridized carbons (Fsp3) is 0.577. The van der Waals surface area contributed by atoms with Crippen molar-refractivity contribution in [2.24, 2.45) is 5.92 Å². The third-order valence-corrected chi connectivity index (χ3v) is 7.67. The monoisotopic (exact) mass is 447 g/mol. The Labute approximate surface area is 194 Å². The van der Waals surface area contributed by atoms with Gasteiger partial charge in [0.15, 0.2) is 0 Å². The summed E-state index contributed by atoms with van der Waals surface area (Å²) in [5.74, 6) is 2.73. The second-order valence-corrected chi connectivity index (χ2v) is 10.3. The van der Waals surface area contributed by atoms with Crippen LogP contribution < -0.4 is 9.64 Å². The van der Waals surface area contributed by atoms with Crippen molar-refractivity contribution in [2.75, 3.05) is 18.0 Å². The quantitative estimate of drug-likeness (QED) is 0.541. The van der Waals surface area contributed by atoms with Crippen molar-refractivity contribution < 1.29 is 9.47 Å². The van der Waals surface area contributed by atoms with Gasteiger partial charge in [-0.05, 0) is 69.6 Å². The van der Waals surface area contributed by atoms with Gasteiger partial charge < -0.3 is 14.4 Å². The molecule has 1 aliphatic heterocycles.